The van der Waals surface area contributed by atoms with Crippen LogP contribution in [0.4, 0.5) is 5.00 Å². The van der Waals surface area contributed by atoms with E-state index in [1.807, 2.05) is 0 Å². The van der Waals surface area contributed by atoms with Crippen molar-refractivity contribution in [3.63, 3.8) is 0 Å². The van der Waals surface area contributed by atoms with Gasteiger partial charge in [0.2, 0.25) is 11.8 Å². The van der Waals surface area contributed by atoms with Gasteiger partial charge >= 0.3 is 0 Å². The molecule has 1 aromatic heterocycles. The number of imide groups is 1. The van der Waals surface area contributed by atoms with Gasteiger partial charge in [-0.3, -0.25) is 14.5 Å². The maximum Gasteiger partial charge on any atom is 0.233 e. The first kappa shape index (κ1) is 12.5. The SMILES string of the molecule is CC1CC2C(=O)N(Cc3nnsc3NN)C(=O)C2C1. The van der Waals surface area contributed by atoms with Crippen LogP contribution in [0.15, 0.2) is 0 Å². The summed E-state index contributed by atoms with van der Waals surface area (Å²) in [5.41, 5.74) is 3.02. The van der Waals surface area contributed by atoms with Crippen LogP contribution in [0, 0.1) is 17.8 Å². The first-order valence-electron chi connectivity index (χ1n) is 6.25. The third kappa shape index (κ3) is 1.91. The molecule has 0 radical (unpaired) electrons. The molecule has 0 aromatic carbocycles. The highest BCUT2D eigenvalue weighted by Crippen LogP contribution is 2.43. The van der Waals surface area contributed by atoms with Crippen LogP contribution in [-0.2, 0) is 16.1 Å². The molecule has 3 N–H and O–H groups in total. The summed E-state index contributed by atoms with van der Waals surface area (Å²) < 4.78 is 3.77. The Morgan fingerprint density at radius 3 is 2.58 bits per heavy atom. The van der Waals surface area contributed by atoms with E-state index in [2.05, 4.69) is 21.9 Å². The second kappa shape index (κ2) is 4.53. The number of nitrogens with zero attached hydrogens (tertiary/aromatic N) is 3. The quantitative estimate of drug-likeness (QED) is 0.471. The number of nitrogens with two attached hydrogens (primary N) is 1. The Labute approximate surface area is 114 Å². The number of nitrogens with one attached hydrogen (secondary N) is 1. The minimum absolute atomic E-state index is 0.0738. The van der Waals surface area contributed by atoms with Crippen LogP contribution in [0.25, 0.3) is 0 Å². The van der Waals surface area contributed by atoms with E-state index in [4.69, 9.17) is 5.84 Å². The number of anilines is 1. The number of hydrogen-bond donors (Lipinski definition) is 2. The van der Waals surface area contributed by atoms with E-state index in [-0.39, 0.29) is 30.2 Å². The minimum atomic E-state index is -0.136. The van der Waals surface area contributed by atoms with Gasteiger partial charge < -0.3 is 5.43 Å². The summed E-state index contributed by atoms with van der Waals surface area (Å²) in [6, 6.07) is 0. The van der Waals surface area contributed by atoms with Crippen molar-refractivity contribution >= 4 is 28.3 Å². The third-order valence-electron chi connectivity index (χ3n) is 3.96. The molecule has 1 saturated carbocycles. The van der Waals surface area contributed by atoms with Crippen molar-refractivity contribution < 1.29 is 9.59 Å². The molecule has 2 atom stereocenters. The molecule has 1 aromatic rings. The molecule has 0 bridgehead atoms. The topological polar surface area (TPSA) is 101 Å². The van der Waals surface area contributed by atoms with Crippen LogP contribution in [0.3, 0.4) is 0 Å². The van der Waals surface area contributed by atoms with Gasteiger partial charge in [-0.05, 0) is 18.8 Å². The van der Waals surface area contributed by atoms with Crippen LogP contribution >= 0.6 is 11.5 Å². The first-order valence-corrected chi connectivity index (χ1v) is 7.02. The molecular formula is C11H15N5O2S. The Balaban J connectivity index is 1.80. The molecule has 3 rings (SSSR count). The third-order valence-corrected chi connectivity index (χ3v) is 4.66. The maximum atomic E-state index is 12.3. The lowest BCUT2D eigenvalue weighted by Crippen LogP contribution is -2.32. The fourth-order valence-electron chi connectivity index (χ4n) is 3.07. The van der Waals surface area contributed by atoms with Gasteiger partial charge in [-0.2, -0.15) is 0 Å². The average molecular weight is 281 g/mol. The van der Waals surface area contributed by atoms with Crippen LogP contribution < -0.4 is 11.3 Å². The van der Waals surface area contributed by atoms with Crippen molar-refractivity contribution in [1.29, 1.82) is 0 Å². The molecule has 2 fully saturated rings. The van der Waals surface area contributed by atoms with Crippen LogP contribution in [-0.4, -0.2) is 26.3 Å². The predicted octanol–water partition coefficient (Wildman–Crippen LogP) is 0.355. The first-order chi connectivity index (χ1) is 9.11. The van der Waals surface area contributed by atoms with Gasteiger partial charge in [0.05, 0.1) is 18.4 Å². The number of hydrazine groups is 1. The summed E-state index contributed by atoms with van der Waals surface area (Å²) in [5.74, 6) is 5.37. The van der Waals surface area contributed by atoms with Crippen molar-refractivity contribution in [2.24, 2.45) is 23.6 Å². The highest BCUT2D eigenvalue weighted by atomic mass is 32.1. The summed E-state index contributed by atoms with van der Waals surface area (Å²) in [6.07, 6.45) is 1.62. The largest absolute Gasteiger partial charge is 0.313 e. The summed E-state index contributed by atoms with van der Waals surface area (Å²) in [4.78, 5) is 25.9. The zero-order chi connectivity index (χ0) is 13.6. The Hall–Kier alpha value is -1.54. The molecule has 8 heteroatoms. The number of likely N-dealkylation sites (tertiary alicyclic amines) is 1. The maximum absolute atomic E-state index is 12.3. The smallest absolute Gasteiger partial charge is 0.233 e. The molecule has 0 spiro atoms. The monoisotopic (exact) mass is 281 g/mol. The Kier molecular flexibility index (Phi) is 2.98. The van der Waals surface area contributed by atoms with Crippen molar-refractivity contribution in [3.05, 3.63) is 5.69 Å². The van der Waals surface area contributed by atoms with Gasteiger partial charge in [-0.25, -0.2) is 5.84 Å². The molecule has 2 aliphatic rings. The van der Waals surface area contributed by atoms with Gasteiger partial charge in [-0.1, -0.05) is 11.4 Å². The zero-order valence-electron chi connectivity index (χ0n) is 10.5. The van der Waals surface area contributed by atoms with E-state index in [0.29, 0.717) is 16.6 Å². The van der Waals surface area contributed by atoms with E-state index >= 15 is 0 Å². The lowest BCUT2D eigenvalue weighted by atomic mass is 10.00. The summed E-state index contributed by atoms with van der Waals surface area (Å²) in [7, 11) is 0. The Morgan fingerprint density at radius 2 is 2.00 bits per heavy atom. The Bertz CT molecular complexity index is 507. The van der Waals surface area contributed by atoms with Gasteiger partial charge in [0.25, 0.3) is 0 Å². The van der Waals surface area contributed by atoms with Crippen LogP contribution in [0.1, 0.15) is 25.5 Å². The number of hydrogen-bond acceptors (Lipinski definition) is 7. The lowest BCUT2D eigenvalue weighted by Gasteiger charge is -2.15. The second-order valence-electron chi connectivity index (χ2n) is 5.25. The van der Waals surface area contributed by atoms with Crippen molar-refractivity contribution in [3.8, 4) is 0 Å². The number of carbonyl (C=O) groups excluding carboxylic acids is 2. The summed E-state index contributed by atoms with van der Waals surface area (Å²) in [5, 5.41) is 4.50. The molecule has 1 saturated heterocycles. The standard InChI is InChI=1S/C11H15N5O2S/c1-5-2-6-7(3-5)11(18)16(10(6)17)4-8-9(13-12)19-15-14-8/h5-7,13H,2-4,12H2,1H3. The highest BCUT2D eigenvalue weighted by molar-refractivity contribution is 7.10. The van der Waals surface area contributed by atoms with Gasteiger partial charge in [-0.15, -0.1) is 5.10 Å². The fraction of sp³-hybridized carbons (Fsp3) is 0.636. The van der Waals surface area contributed by atoms with E-state index < -0.39 is 0 Å². The second-order valence-corrected chi connectivity index (χ2v) is 6.00. The number of carbonyl (C=O) groups is 2. The molecule has 7 nitrogen and oxygen atoms in total. The van der Waals surface area contributed by atoms with Gasteiger partial charge in [0.1, 0.15) is 10.7 Å². The van der Waals surface area contributed by atoms with Gasteiger partial charge in [0, 0.05) is 11.5 Å². The van der Waals surface area contributed by atoms with Crippen LogP contribution in [0.5, 0.6) is 0 Å². The van der Waals surface area contributed by atoms with Gasteiger partial charge in [0.15, 0.2) is 0 Å². The van der Waals surface area contributed by atoms with Crippen molar-refractivity contribution in [2.75, 3.05) is 5.43 Å². The number of aromatic nitrogens is 2. The summed E-state index contributed by atoms with van der Waals surface area (Å²) in [6.45, 7) is 2.25. The number of nitrogen functional groups attached to an aromatic ring is 1. The Morgan fingerprint density at radius 1 is 1.37 bits per heavy atom. The molecule has 2 heterocycles. The van der Waals surface area contributed by atoms with Crippen molar-refractivity contribution in [1.82, 2.24) is 14.5 Å². The normalized spacial score (nSPS) is 30.0. The zero-order valence-corrected chi connectivity index (χ0v) is 11.3. The molecule has 1 aliphatic heterocycles. The summed E-state index contributed by atoms with van der Waals surface area (Å²) >= 11 is 1.11. The molecular weight excluding hydrogens is 266 g/mol. The molecule has 2 unspecified atom stereocenters. The molecule has 102 valence electrons. The molecule has 19 heavy (non-hydrogen) atoms. The molecule has 2 amide bonds. The lowest BCUT2D eigenvalue weighted by molar-refractivity contribution is -0.141. The number of fused-ring (bicyclic) bond motifs is 1. The minimum Gasteiger partial charge on any atom is -0.313 e. The fourth-order valence-corrected chi connectivity index (χ4v) is 3.56. The van der Waals surface area contributed by atoms with Crippen LogP contribution in [0.2, 0.25) is 0 Å². The van der Waals surface area contributed by atoms with E-state index in [1.54, 1.807) is 0 Å². The van der Waals surface area contributed by atoms with E-state index in [9.17, 15) is 9.59 Å². The number of amides is 2. The van der Waals surface area contributed by atoms with Crippen molar-refractivity contribution in [2.45, 2.75) is 26.3 Å². The highest BCUT2D eigenvalue weighted by Gasteiger charge is 2.51. The van der Waals surface area contributed by atoms with E-state index in [1.165, 1.54) is 4.90 Å². The predicted molar refractivity (Wildman–Crippen MR) is 68.7 cm³/mol. The number of rotatable bonds is 3. The average Bonchev–Trinajstić information content (AvgIpc) is 3.04. The molecule has 1 aliphatic carbocycles. The van der Waals surface area contributed by atoms with E-state index in [0.717, 1.165) is 24.4 Å².